The van der Waals surface area contributed by atoms with Crippen LogP contribution in [0.15, 0.2) is 0 Å². The summed E-state index contributed by atoms with van der Waals surface area (Å²) >= 11 is 0. The summed E-state index contributed by atoms with van der Waals surface area (Å²) in [5, 5.41) is 6.32. The molecule has 9 heteroatoms. The molecule has 0 saturated heterocycles. The monoisotopic (exact) mass is 290 g/mol. The zero-order chi connectivity index (χ0) is 13.7. The SMILES string of the molecule is CCCCCCOP(=O)(O)C(C)(O)P(=O)(O)O. The summed E-state index contributed by atoms with van der Waals surface area (Å²) in [6, 6.07) is 0. The van der Waals surface area contributed by atoms with Gasteiger partial charge < -0.3 is 24.3 Å². The number of unbranched alkanes of at least 4 members (excludes halogenated alkanes) is 3. The molecule has 0 aliphatic rings. The van der Waals surface area contributed by atoms with Gasteiger partial charge in [0.2, 0.25) is 0 Å². The predicted molar refractivity (Wildman–Crippen MR) is 62.6 cm³/mol. The van der Waals surface area contributed by atoms with Gasteiger partial charge in [-0.15, -0.1) is 0 Å². The normalized spacial score (nSPS) is 19.6. The van der Waals surface area contributed by atoms with Crippen molar-refractivity contribution in [1.29, 1.82) is 0 Å². The van der Waals surface area contributed by atoms with Crippen LogP contribution in [0.25, 0.3) is 0 Å². The summed E-state index contributed by atoms with van der Waals surface area (Å²) in [5.74, 6) is 0. The molecular formula is C8H20O7P2. The molecule has 7 nitrogen and oxygen atoms in total. The summed E-state index contributed by atoms with van der Waals surface area (Å²) < 4.78 is 26.9. The molecule has 0 bridgehead atoms. The molecule has 0 aliphatic heterocycles. The number of hydrogen-bond donors (Lipinski definition) is 4. The number of aliphatic hydroxyl groups is 1. The van der Waals surface area contributed by atoms with Gasteiger partial charge in [-0.2, -0.15) is 0 Å². The van der Waals surface area contributed by atoms with E-state index >= 15 is 0 Å². The van der Waals surface area contributed by atoms with Gasteiger partial charge in [0.05, 0.1) is 6.61 Å². The Hall–Kier alpha value is 0.260. The van der Waals surface area contributed by atoms with Crippen LogP contribution in [0.2, 0.25) is 0 Å². The molecule has 0 aromatic carbocycles. The molecule has 4 N–H and O–H groups in total. The first-order valence-corrected chi connectivity index (χ1v) is 8.50. The molecule has 104 valence electrons. The first kappa shape index (κ1) is 17.3. The van der Waals surface area contributed by atoms with Crippen molar-refractivity contribution in [3.63, 3.8) is 0 Å². The summed E-state index contributed by atoms with van der Waals surface area (Å²) in [7, 11) is -9.91. The van der Waals surface area contributed by atoms with Crippen LogP contribution in [-0.2, 0) is 13.7 Å². The molecule has 0 fully saturated rings. The maximum atomic E-state index is 11.5. The summed E-state index contributed by atoms with van der Waals surface area (Å²) in [6.07, 6.45) is 3.20. The average Bonchev–Trinajstić information content (AvgIpc) is 2.15. The highest BCUT2D eigenvalue weighted by Crippen LogP contribution is 2.69. The molecular weight excluding hydrogens is 270 g/mol. The van der Waals surface area contributed by atoms with E-state index in [1.165, 1.54) is 0 Å². The lowest BCUT2D eigenvalue weighted by molar-refractivity contribution is 0.127. The highest BCUT2D eigenvalue weighted by atomic mass is 31.2. The van der Waals surface area contributed by atoms with Gasteiger partial charge in [-0.25, -0.2) is 0 Å². The standard InChI is InChI=1S/C8H20O7P2/c1-3-4-5-6-7-15-17(13,14)8(2,9)16(10,11)12/h9H,3-7H2,1-2H3,(H,13,14)(H2,10,11,12). The third-order valence-electron chi connectivity index (χ3n) is 2.35. The van der Waals surface area contributed by atoms with E-state index in [-0.39, 0.29) is 6.61 Å². The van der Waals surface area contributed by atoms with E-state index in [4.69, 9.17) is 9.79 Å². The van der Waals surface area contributed by atoms with E-state index in [2.05, 4.69) is 4.52 Å². The van der Waals surface area contributed by atoms with Gasteiger partial charge in [0.15, 0.2) is 0 Å². The Labute approximate surface area is 101 Å². The quantitative estimate of drug-likeness (QED) is 0.395. The first-order chi connectivity index (χ1) is 7.56. The third kappa shape index (κ3) is 4.79. The Morgan fingerprint density at radius 2 is 1.65 bits per heavy atom. The molecule has 0 aromatic rings. The molecule has 0 aromatic heterocycles. The van der Waals surface area contributed by atoms with E-state index in [1.54, 1.807) is 0 Å². The number of hydrogen-bond acceptors (Lipinski definition) is 4. The molecule has 0 saturated carbocycles. The Bertz CT molecular complexity index is 322. The van der Waals surface area contributed by atoms with Crippen molar-refractivity contribution in [2.45, 2.75) is 44.6 Å². The van der Waals surface area contributed by atoms with Gasteiger partial charge in [0.25, 0.3) is 5.08 Å². The van der Waals surface area contributed by atoms with Crippen LogP contribution in [0.5, 0.6) is 0 Å². The minimum atomic E-state index is -5.13. The third-order valence-corrected chi connectivity index (χ3v) is 6.60. The molecule has 0 heterocycles. The van der Waals surface area contributed by atoms with E-state index < -0.39 is 20.3 Å². The fraction of sp³-hybridized carbons (Fsp3) is 1.00. The number of rotatable bonds is 8. The molecule has 2 atom stereocenters. The Morgan fingerprint density at radius 3 is 2.06 bits per heavy atom. The van der Waals surface area contributed by atoms with Gasteiger partial charge in [-0.3, -0.25) is 9.13 Å². The zero-order valence-corrected chi connectivity index (χ0v) is 11.7. The Morgan fingerprint density at radius 1 is 1.12 bits per heavy atom. The van der Waals surface area contributed by atoms with E-state index in [0.29, 0.717) is 13.3 Å². The lowest BCUT2D eigenvalue weighted by atomic mass is 10.2. The molecule has 0 aliphatic carbocycles. The van der Waals surface area contributed by atoms with Crippen LogP contribution in [0.1, 0.15) is 39.5 Å². The van der Waals surface area contributed by atoms with Crippen LogP contribution in [0, 0.1) is 0 Å². The Balaban J connectivity index is 4.39. The van der Waals surface area contributed by atoms with Crippen molar-refractivity contribution in [1.82, 2.24) is 0 Å². The summed E-state index contributed by atoms with van der Waals surface area (Å²) in [5.41, 5.74) is 0. The lowest BCUT2D eigenvalue weighted by Gasteiger charge is -2.28. The van der Waals surface area contributed by atoms with Gasteiger partial charge in [-0.05, 0) is 13.3 Å². The lowest BCUT2D eigenvalue weighted by Crippen LogP contribution is -2.25. The minimum Gasteiger partial charge on any atom is -0.368 e. The second-order valence-corrected chi connectivity index (χ2v) is 8.41. The first-order valence-electron chi connectivity index (χ1n) is 5.31. The topological polar surface area (TPSA) is 124 Å². The van der Waals surface area contributed by atoms with Gasteiger partial charge in [-0.1, -0.05) is 26.2 Å². The van der Waals surface area contributed by atoms with Crippen molar-refractivity contribution < 1.29 is 33.4 Å². The minimum absolute atomic E-state index is 0.121. The molecule has 2 unspecified atom stereocenters. The van der Waals surface area contributed by atoms with Crippen molar-refractivity contribution in [3.8, 4) is 0 Å². The maximum absolute atomic E-state index is 11.5. The summed E-state index contributed by atoms with van der Waals surface area (Å²) in [6.45, 7) is 2.47. The molecule has 0 spiro atoms. The van der Waals surface area contributed by atoms with Crippen LogP contribution >= 0.6 is 15.2 Å². The van der Waals surface area contributed by atoms with E-state index in [9.17, 15) is 19.1 Å². The smallest absolute Gasteiger partial charge is 0.368 e. The second-order valence-electron chi connectivity index (χ2n) is 3.93. The second kappa shape index (κ2) is 6.43. The summed E-state index contributed by atoms with van der Waals surface area (Å²) in [4.78, 5) is 26.9. The molecule has 0 amide bonds. The van der Waals surface area contributed by atoms with Crippen LogP contribution < -0.4 is 0 Å². The van der Waals surface area contributed by atoms with Crippen LogP contribution in [-0.4, -0.2) is 31.5 Å². The van der Waals surface area contributed by atoms with E-state index in [1.807, 2.05) is 6.92 Å². The molecule has 0 rings (SSSR count). The van der Waals surface area contributed by atoms with Crippen molar-refractivity contribution >= 4 is 15.2 Å². The van der Waals surface area contributed by atoms with Gasteiger partial charge in [0.1, 0.15) is 0 Å². The molecule has 17 heavy (non-hydrogen) atoms. The van der Waals surface area contributed by atoms with Crippen LogP contribution in [0.3, 0.4) is 0 Å². The van der Waals surface area contributed by atoms with E-state index in [0.717, 1.165) is 19.3 Å². The van der Waals surface area contributed by atoms with Crippen molar-refractivity contribution in [2.75, 3.05) is 6.61 Å². The fourth-order valence-electron chi connectivity index (χ4n) is 1.00. The average molecular weight is 290 g/mol. The largest absolute Gasteiger partial charge is 0.371 e. The van der Waals surface area contributed by atoms with Crippen molar-refractivity contribution in [3.05, 3.63) is 0 Å². The van der Waals surface area contributed by atoms with Crippen LogP contribution in [0.4, 0.5) is 0 Å². The predicted octanol–water partition coefficient (Wildman–Crippen LogP) is 1.61. The van der Waals surface area contributed by atoms with Gasteiger partial charge >= 0.3 is 15.2 Å². The van der Waals surface area contributed by atoms with Crippen molar-refractivity contribution in [2.24, 2.45) is 0 Å². The zero-order valence-electron chi connectivity index (χ0n) is 9.94. The fourth-order valence-corrected chi connectivity index (χ4v) is 3.12. The highest BCUT2D eigenvalue weighted by molar-refractivity contribution is 7.72. The molecule has 0 radical (unpaired) electrons. The maximum Gasteiger partial charge on any atom is 0.371 e. The Kier molecular flexibility index (Phi) is 6.53. The van der Waals surface area contributed by atoms with Gasteiger partial charge in [0, 0.05) is 0 Å². The highest BCUT2D eigenvalue weighted by Gasteiger charge is 2.56.